The zero-order valence-corrected chi connectivity index (χ0v) is 9.63. The lowest BCUT2D eigenvalue weighted by Gasteiger charge is -2.21. The van der Waals surface area contributed by atoms with Crippen molar-refractivity contribution in [3.05, 3.63) is 29.8 Å². The minimum Gasteiger partial charge on any atom is -0.378 e. The number of alkyl halides is 1. The molecule has 0 spiro atoms. The molecule has 1 aromatic rings. The number of hydrogen-bond donors (Lipinski definition) is 1. The molecule has 0 aliphatic carbocycles. The number of nitrogens with two attached hydrogens (primary N) is 1. The van der Waals surface area contributed by atoms with Gasteiger partial charge in [-0.3, -0.25) is 0 Å². The minimum atomic E-state index is -0.750. The molecule has 15 heavy (non-hydrogen) atoms. The number of anilines is 1. The quantitative estimate of drug-likeness (QED) is 0.823. The molecule has 1 rings (SSSR count). The summed E-state index contributed by atoms with van der Waals surface area (Å²) in [6.07, 6.45) is 0.567. The van der Waals surface area contributed by atoms with Gasteiger partial charge in [0.25, 0.3) is 0 Å². The van der Waals surface area contributed by atoms with Gasteiger partial charge >= 0.3 is 0 Å². The lowest BCUT2D eigenvalue weighted by Crippen LogP contribution is -2.40. The van der Waals surface area contributed by atoms with Crippen molar-refractivity contribution in [1.82, 2.24) is 0 Å². The number of hydrogen-bond acceptors (Lipinski definition) is 2. The third kappa shape index (κ3) is 3.51. The zero-order chi connectivity index (χ0) is 11.5. The van der Waals surface area contributed by atoms with Gasteiger partial charge in [-0.05, 0) is 31.0 Å². The van der Waals surface area contributed by atoms with E-state index < -0.39 is 12.2 Å². The van der Waals surface area contributed by atoms with Crippen LogP contribution in [0.15, 0.2) is 24.3 Å². The molecule has 1 atom stereocenters. The zero-order valence-electron chi connectivity index (χ0n) is 9.63. The molecule has 0 aliphatic heterocycles. The lowest BCUT2D eigenvalue weighted by atomic mass is 9.95. The molecule has 0 aromatic heterocycles. The summed E-state index contributed by atoms with van der Waals surface area (Å²) in [4.78, 5) is 2.03. The summed E-state index contributed by atoms with van der Waals surface area (Å²) in [7, 11) is 3.98. The Bertz CT molecular complexity index is 304. The molecule has 0 saturated heterocycles. The summed E-state index contributed by atoms with van der Waals surface area (Å²) in [5.41, 5.74) is 7.22. The number of nitrogens with zero attached hydrogens (tertiary/aromatic N) is 1. The topological polar surface area (TPSA) is 29.3 Å². The van der Waals surface area contributed by atoms with Crippen LogP contribution in [0.2, 0.25) is 0 Å². The van der Waals surface area contributed by atoms with Crippen molar-refractivity contribution in [3.63, 3.8) is 0 Å². The molecule has 1 aromatic carbocycles. The van der Waals surface area contributed by atoms with Gasteiger partial charge in [-0.1, -0.05) is 12.1 Å². The van der Waals surface area contributed by atoms with E-state index in [9.17, 15) is 4.39 Å². The summed E-state index contributed by atoms with van der Waals surface area (Å²) >= 11 is 0. The predicted octanol–water partition coefficient (Wildman–Crippen LogP) is 1.98. The van der Waals surface area contributed by atoms with Gasteiger partial charge in [-0.25, -0.2) is 4.39 Å². The summed E-state index contributed by atoms with van der Waals surface area (Å²) in [6.45, 7) is 1.23. The van der Waals surface area contributed by atoms with Gasteiger partial charge in [0.15, 0.2) is 0 Å². The van der Waals surface area contributed by atoms with Gasteiger partial charge in [0, 0.05) is 25.3 Å². The average molecular weight is 210 g/mol. The first-order chi connectivity index (χ1) is 6.94. The Morgan fingerprint density at radius 2 is 1.80 bits per heavy atom. The van der Waals surface area contributed by atoms with E-state index in [0.717, 1.165) is 11.3 Å². The summed E-state index contributed by atoms with van der Waals surface area (Å²) < 4.78 is 12.5. The standard InChI is InChI=1S/C12H19FN2/c1-12(14,9-13)8-10-4-6-11(7-5-10)15(2)3/h4-7H,8-9,14H2,1-3H3. The molecule has 84 valence electrons. The van der Waals surface area contributed by atoms with Crippen LogP contribution in [0.25, 0.3) is 0 Å². The Kier molecular flexibility index (Phi) is 3.69. The second kappa shape index (κ2) is 4.62. The average Bonchev–Trinajstić information content (AvgIpc) is 2.18. The Morgan fingerprint density at radius 1 is 1.27 bits per heavy atom. The molecule has 3 heteroatoms. The van der Waals surface area contributed by atoms with Crippen LogP contribution in [0.4, 0.5) is 10.1 Å². The normalized spacial score (nSPS) is 14.7. The lowest BCUT2D eigenvalue weighted by molar-refractivity contribution is 0.327. The molecule has 0 fully saturated rings. The number of halogens is 1. The third-order valence-corrected chi connectivity index (χ3v) is 2.37. The summed E-state index contributed by atoms with van der Waals surface area (Å²) in [6, 6.07) is 8.03. The van der Waals surface area contributed by atoms with Crippen molar-refractivity contribution in [2.45, 2.75) is 18.9 Å². The van der Waals surface area contributed by atoms with Crippen LogP contribution in [-0.2, 0) is 6.42 Å². The highest BCUT2D eigenvalue weighted by atomic mass is 19.1. The van der Waals surface area contributed by atoms with Crippen LogP contribution >= 0.6 is 0 Å². The van der Waals surface area contributed by atoms with Gasteiger partial charge in [0.1, 0.15) is 6.67 Å². The van der Waals surface area contributed by atoms with E-state index >= 15 is 0 Å². The van der Waals surface area contributed by atoms with Crippen LogP contribution in [0.3, 0.4) is 0 Å². The SMILES string of the molecule is CN(C)c1ccc(CC(C)(N)CF)cc1. The molecule has 0 saturated carbocycles. The van der Waals surface area contributed by atoms with Gasteiger partial charge in [-0.15, -0.1) is 0 Å². The largest absolute Gasteiger partial charge is 0.378 e. The molecule has 0 heterocycles. The fourth-order valence-electron chi connectivity index (χ4n) is 1.43. The maximum Gasteiger partial charge on any atom is 0.107 e. The molecule has 0 radical (unpaired) electrons. The molecule has 0 bridgehead atoms. The molecular weight excluding hydrogens is 191 g/mol. The predicted molar refractivity (Wildman–Crippen MR) is 63.0 cm³/mol. The maximum atomic E-state index is 12.5. The molecule has 1 unspecified atom stereocenters. The fraction of sp³-hybridized carbons (Fsp3) is 0.500. The molecular formula is C12H19FN2. The highest BCUT2D eigenvalue weighted by molar-refractivity contribution is 5.46. The smallest absolute Gasteiger partial charge is 0.107 e. The molecule has 2 N–H and O–H groups in total. The van der Waals surface area contributed by atoms with Crippen LogP contribution in [0, 0.1) is 0 Å². The van der Waals surface area contributed by atoms with Crippen LogP contribution < -0.4 is 10.6 Å². The van der Waals surface area contributed by atoms with Crippen molar-refractivity contribution in [2.75, 3.05) is 25.7 Å². The van der Waals surface area contributed by atoms with Crippen LogP contribution in [-0.4, -0.2) is 26.3 Å². The monoisotopic (exact) mass is 210 g/mol. The van der Waals surface area contributed by atoms with Crippen molar-refractivity contribution in [1.29, 1.82) is 0 Å². The van der Waals surface area contributed by atoms with Crippen molar-refractivity contribution in [2.24, 2.45) is 5.73 Å². The third-order valence-electron chi connectivity index (χ3n) is 2.37. The first-order valence-electron chi connectivity index (χ1n) is 5.06. The highest BCUT2D eigenvalue weighted by Crippen LogP contribution is 2.16. The molecule has 2 nitrogen and oxygen atoms in total. The Hall–Kier alpha value is -1.09. The van der Waals surface area contributed by atoms with E-state index in [0.29, 0.717) is 6.42 Å². The second-order valence-corrected chi connectivity index (χ2v) is 4.53. The Balaban J connectivity index is 2.73. The summed E-state index contributed by atoms with van der Waals surface area (Å²) in [5.74, 6) is 0. The minimum absolute atomic E-state index is 0.498. The maximum absolute atomic E-state index is 12.5. The van der Waals surface area contributed by atoms with E-state index in [-0.39, 0.29) is 0 Å². The van der Waals surface area contributed by atoms with Crippen LogP contribution in [0.1, 0.15) is 12.5 Å². The van der Waals surface area contributed by atoms with E-state index in [4.69, 9.17) is 5.73 Å². The Morgan fingerprint density at radius 3 is 2.20 bits per heavy atom. The molecule has 0 amide bonds. The fourth-order valence-corrected chi connectivity index (χ4v) is 1.43. The van der Waals surface area contributed by atoms with Crippen molar-refractivity contribution < 1.29 is 4.39 Å². The highest BCUT2D eigenvalue weighted by Gasteiger charge is 2.18. The molecule has 0 aliphatic rings. The first-order valence-corrected chi connectivity index (χ1v) is 5.06. The number of rotatable bonds is 4. The number of benzene rings is 1. The van der Waals surface area contributed by atoms with E-state index in [1.807, 2.05) is 43.3 Å². The Labute approximate surface area is 90.9 Å². The summed E-state index contributed by atoms with van der Waals surface area (Å²) in [5, 5.41) is 0. The van der Waals surface area contributed by atoms with Crippen molar-refractivity contribution >= 4 is 5.69 Å². The van der Waals surface area contributed by atoms with Gasteiger partial charge in [0.05, 0.1) is 0 Å². The van der Waals surface area contributed by atoms with Gasteiger partial charge < -0.3 is 10.6 Å². The van der Waals surface area contributed by atoms with E-state index in [1.54, 1.807) is 6.92 Å². The van der Waals surface area contributed by atoms with E-state index in [1.165, 1.54) is 0 Å². The van der Waals surface area contributed by atoms with Crippen LogP contribution in [0.5, 0.6) is 0 Å². The van der Waals surface area contributed by atoms with Crippen molar-refractivity contribution in [3.8, 4) is 0 Å². The van der Waals surface area contributed by atoms with E-state index in [2.05, 4.69) is 0 Å². The van der Waals surface area contributed by atoms with Gasteiger partial charge in [-0.2, -0.15) is 0 Å². The first kappa shape index (κ1) is 12.0. The second-order valence-electron chi connectivity index (χ2n) is 4.53. The van der Waals surface area contributed by atoms with Gasteiger partial charge in [0.2, 0.25) is 0 Å².